The fraction of sp³-hybridized carbons (Fsp3) is 0.188. The van der Waals surface area contributed by atoms with Crippen molar-refractivity contribution in [2.75, 3.05) is 11.9 Å². The van der Waals surface area contributed by atoms with Gasteiger partial charge in [-0.2, -0.15) is 0 Å². The van der Waals surface area contributed by atoms with Gasteiger partial charge in [0.15, 0.2) is 0 Å². The maximum atomic E-state index is 11.7. The minimum Gasteiger partial charge on any atom is -0.315 e. The lowest BCUT2D eigenvalue weighted by Crippen LogP contribution is -2.20. The van der Waals surface area contributed by atoms with Crippen LogP contribution >= 0.6 is 23.2 Å². The van der Waals surface area contributed by atoms with Crippen molar-refractivity contribution < 1.29 is 4.79 Å². The van der Waals surface area contributed by atoms with Crippen molar-refractivity contribution in [1.29, 1.82) is 0 Å². The minimum atomic E-state index is -0.237. The number of hydrogen-bond donors (Lipinski definition) is 0. The highest BCUT2D eigenvalue weighted by molar-refractivity contribution is 6.30. The zero-order valence-electron chi connectivity index (χ0n) is 10.9. The highest BCUT2D eigenvalue weighted by Crippen LogP contribution is 2.35. The first kappa shape index (κ1) is 13.5. The summed E-state index contributed by atoms with van der Waals surface area (Å²) in [5.74, 6) is 0.120. The molecule has 0 aromatic heterocycles. The molecule has 0 fully saturated rings. The van der Waals surface area contributed by atoms with Gasteiger partial charge in [-0.1, -0.05) is 35.9 Å². The van der Waals surface area contributed by atoms with E-state index < -0.39 is 0 Å². The maximum absolute atomic E-state index is 11.7. The topological polar surface area (TPSA) is 20.3 Å². The van der Waals surface area contributed by atoms with Crippen molar-refractivity contribution in [3.05, 3.63) is 64.2 Å². The number of alkyl halides is 1. The summed E-state index contributed by atoms with van der Waals surface area (Å²) >= 11 is 12.4. The zero-order valence-corrected chi connectivity index (χ0v) is 12.4. The predicted molar refractivity (Wildman–Crippen MR) is 82.7 cm³/mol. The number of hydrogen-bond acceptors (Lipinski definition) is 1. The molecule has 2 nitrogen and oxygen atoms in total. The molecule has 20 heavy (non-hydrogen) atoms. The van der Waals surface area contributed by atoms with Gasteiger partial charge in [0.25, 0.3) is 0 Å². The standard InChI is InChI=1S/C16H13Cl2NO/c1-19-14-7-4-11(8-12(14)9-15(19)20)16(18)10-2-5-13(17)6-3-10/h2-8,16H,9H2,1H3. The Bertz CT molecular complexity index is 667. The van der Waals surface area contributed by atoms with E-state index in [2.05, 4.69) is 0 Å². The number of benzene rings is 2. The van der Waals surface area contributed by atoms with Crippen LogP contribution in [0, 0.1) is 0 Å². The van der Waals surface area contributed by atoms with E-state index >= 15 is 0 Å². The van der Waals surface area contributed by atoms with E-state index in [-0.39, 0.29) is 11.3 Å². The fourth-order valence-electron chi connectivity index (χ4n) is 2.47. The van der Waals surface area contributed by atoms with E-state index in [9.17, 15) is 4.79 Å². The van der Waals surface area contributed by atoms with E-state index in [0.29, 0.717) is 11.4 Å². The molecule has 1 atom stereocenters. The molecule has 0 aliphatic carbocycles. The number of carbonyl (C=O) groups excluding carboxylic acids is 1. The van der Waals surface area contributed by atoms with Crippen LogP contribution in [-0.2, 0) is 11.2 Å². The van der Waals surface area contributed by atoms with Crippen LogP contribution in [0.15, 0.2) is 42.5 Å². The van der Waals surface area contributed by atoms with Crippen molar-refractivity contribution in [3.63, 3.8) is 0 Å². The van der Waals surface area contributed by atoms with Crippen LogP contribution in [0.1, 0.15) is 22.1 Å². The Hall–Kier alpha value is -1.51. The lowest BCUT2D eigenvalue weighted by Gasteiger charge is -2.14. The molecule has 1 aliphatic rings. The summed E-state index contributed by atoms with van der Waals surface area (Å²) in [4.78, 5) is 13.4. The van der Waals surface area contributed by atoms with Crippen LogP contribution in [0.25, 0.3) is 0 Å². The third-order valence-electron chi connectivity index (χ3n) is 3.64. The Morgan fingerprint density at radius 3 is 2.45 bits per heavy atom. The molecule has 1 unspecified atom stereocenters. The lowest BCUT2D eigenvalue weighted by atomic mass is 10.0. The average molecular weight is 306 g/mol. The first-order chi connectivity index (χ1) is 9.56. The summed E-state index contributed by atoms with van der Waals surface area (Å²) in [5, 5.41) is 0.456. The van der Waals surface area contributed by atoms with Crippen molar-refractivity contribution in [3.8, 4) is 0 Å². The summed E-state index contributed by atoms with van der Waals surface area (Å²) in [6.07, 6.45) is 0.448. The van der Waals surface area contributed by atoms with Crippen LogP contribution in [-0.4, -0.2) is 13.0 Å². The summed E-state index contributed by atoms with van der Waals surface area (Å²) in [7, 11) is 1.80. The SMILES string of the molecule is CN1C(=O)Cc2cc(C(Cl)c3ccc(Cl)cc3)ccc21. The highest BCUT2D eigenvalue weighted by Gasteiger charge is 2.25. The smallest absolute Gasteiger partial charge is 0.231 e. The summed E-state index contributed by atoms with van der Waals surface area (Å²) in [6, 6.07) is 13.5. The van der Waals surface area contributed by atoms with Crippen LogP contribution in [0.3, 0.4) is 0 Å². The van der Waals surface area contributed by atoms with E-state index in [1.807, 2.05) is 42.5 Å². The Morgan fingerprint density at radius 1 is 1.10 bits per heavy atom. The molecule has 1 aliphatic heterocycles. The Labute approximate surface area is 127 Å². The largest absolute Gasteiger partial charge is 0.315 e. The number of halogens is 2. The molecule has 0 N–H and O–H groups in total. The Morgan fingerprint density at radius 2 is 1.75 bits per heavy atom. The van der Waals surface area contributed by atoms with Gasteiger partial charge in [-0.15, -0.1) is 11.6 Å². The molecule has 1 amide bonds. The number of amides is 1. The first-order valence-corrected chi connectivity index (χ1v) is 7.16. The van der Waals surface area contributed by atoms with Crippen molar-refractivity contribution in [1.82, 2.24) is 0 Å². The highest BCUT2D eigenvalue weighted by atomic mass is 35.5. The van der Waals surface area contributed by atoms with Crippen LogP contribution < -0.4 is 4.90 Å². The van der Waals surface area contributed by atoms with Crippen LogP contribution in [0.5, 0.6) is 0 Å². The second-order valence-corrected chi connectivity index (χ2v) is 5.80. The molecular weight excluding hydrogens is 293 g/mol. The fourth-order valence-corrected chi connectivity index (χ4v) is 2.88. The number of carbonyl (C=O) groups is 1. The zero-order chi connectivity index (χ0) is 14.3. The van der Waals surface area contributed by atoms with Gasteiger partial charge in [0.1, 0.15) is 0 Å². The summed E-state index contributed by atoms with van der Waals surface area (Å²) < 4.78 is 0. The van der Waals surface area contributed by atoms with Gasteiger partial charge < -0.3 is 4.90 Å². The predicted octanol–water partition coefficient (Wildman–Crippen LogP) is 4.19. The molecule has 0 saturated heterocycles. The van der Waals surface area contributed by atoms with Gasteiger partial charge in [0, 0.05) is 17.8 Å². The summed E-state index contributed by atoms with van der Waals surface area (Å²) in [6.45, 7) is 0. The molecule has 3 rings (SSSR count). The van der Waals surface area contributed by atoms with Gasteiger partial charge in [0.2, 0.25) is 5.91 Å². The number of likely N-dealkylation sites (N-methyl/N-ethyl adjacent to an activating group) is 1. The number of rotatable bonds is 2. The molecule has 102 valence electrons. The molecule has 4 heteroatoms. The van der Waals surface area contributed by atoms with Gasteiger partial charge >= 0.3 is 0 Å². The number of fused-ring (bicyclic) bond motifs is 1. The summed E-state index contributed by atoms with van der Waals surface area (Å²) in [5.41, 5.74) is 4.00. The Balaban J connectivity index is 1.94. The average Bonchev–Trinajstić information content (AvgIpc) is 2.74. The van der Waals surface area contributed by atoms with Gasteiger partial charge in [0.05, 0.1) is 11.8 Å². The van der Waals surface area contributed by atoms with Crippen molar-refractivity contribution in [2.24, 2.45) is 0 Å². The van der Waals surface area contributed by atoms with E-state index in [1.165, 1.54) is 0 Å². The normalized spacial score (nSPS) is 15.3. The molecule has 0 spiro atoms. The van der Waals surface area contributed by atoms with E-state index in [1.54, 1.807) is 11.9 Å². The number of anilines is 1. The third-order valence-corrected chi connectivity index (χ3v) is 4.39. The Kier molecular flexibility index (Phi) is 3.45. The van der Waals surface area contributed by atoms with Crippen LogP contribution in [0.2, 0.25) is 5.02 Å². The molecular formula is C16H13Cl2NO. The number of nitrogens with zero attached hydrogens (tertiary/aromatic N) is 1. The quantitative estimate of drug-likeness (QED) is 0.762. The van der Waals surface area contributed by atoms with Gasteiger partial charge in [-0.05, 0) is 34.9 Å². The molecule has 0 radical (unpaired) electrons. The van der Waals surface area contributed by atoms with E-state index in [4.69, 9.17) is 23.2 Å². The third kappa shape index (κ3) is 2.30. The minimum absolute atomic E-state index is 0.120. The first-order valence-electron chi connectivity index (χ1n) is 6.35. The maximum Gasteiger partial charge on any atom is 0.231 e. The van der Waals surface area contributed by atoms with Gasteiger partial charge in [-0.25, -0.2) is 0 Å². The molecule has 0 saturated carbocycles. The second-order valence-electron chi connectivity index (χ2n) is 4.93. The molecule has 1 heterocycles. The van der Waals surface area contributed by atoms with Crippen LogP contribution in [0.4, 0.5) is 5.69 Å². The monoisotopic (exact) mass is 305 g/mol. The van der Waals surface area contributed by atoms with Gasteiger partial charge in [-0.3, -0.25) is 4.79 Å². The lowest BCUT2D eigenvalue weighted by molar-refractivity contribution is -0.117. The molecule has 2 aromatic carbocycles. The van der Waals surface area contributed by atoms with Crippen molar-refractivity contribution in [2.45, 2.75) is 11.8 Å². The molecule has 2 aromatic rings. The second kappa shape index (κ2) is 5.12. The van der Waals surface area contributed by atoms with E-state index in [0.717, 1.165) is 22.4 Å². The van der Waals surface area contributed by atoms with Crippen molar-refractivity contribution >= 4 is 34.8 Å². The molecule has 0 bridgehead atoms.